The molecule has 0 bridgehead atoms. The highest BCUT2D eigenvalue weighted by Gasteiger charge is 2.20. The number of hydrogen-bond acceptors (Lipinski definition) is 4. The molecule has 0 fully saturated rings. The second-order valence-corrected chi connectivity index (χ2v) is 7.64. The summed E-state index contributed by atoms with van der Waals surface area (Å²) in [6, 6.07) is 14.3. The Kier molecular flexibility index (Phi) is 6.03. The van der Waals surface area contributed by atoms with Gasteiger partial charge in [-0.3, -0.25) is 9.10 Å². The number of anilines is 1. The van der Waals surface area contributed by atoms with Gasteiger partial charge < -0.3 is 10.1 Å². The van der Waals surface area contributed by atoms with Gasteiger partial charge in [0, 0.05) is 6.54 Å². The van der Waals surface area contributed by atoms with Crippen molar-refractivity contribution in [2.45, 2.75) is 13.5 Å². The molecule has 2 rings (SSSR count). The number of carbonyl (C=O) groups is 1. The highest BCUT2D eigenvalue weighted by Crippen LogP contribution is 2.21. The van der Waals surface area contributed by atoms with Crippen LogP contribution in [0.5, 0.6) is 5.75 Å². The Morgan fingerprint density at radius 3 is 2.20 bits per heavy atom. The molecule has 1 N–H and O–H groups in total. The monoisotopic (exact) mass is 362 g/mol. The molecule has 0 radical (unpaired) electrons. The average Bonchev–Trinajstić information content (AvgIpc) is 2.58. The molecular weight excluding hydrogens is 340 g/mol. The van der Waals surface area contributed by atoms with Crippen LogP contribution in [0.25, 0.3) is 0 Å². The van der Waals surface area contributed by atoms with Crippen molar-refractivity contribution in [3.05, 3.63) is 59.7 Å². The van der Waals surface area contributed by atoms with E-state index in [9.17, 15) is 13.2 Å². The van der Waals surface area contributed by atoms with Gasteiger partial charge >= 0.3 is 0 Å². The highest BCUT2D eigenvalue weighted by atomic mass is 32.2. The van der Waals surface area contributed by atoms with E-state index >= 15 is 0 Å². The SMILES string of the molecule is COc1ccc(N(CC(=O)NCc2ccc(C)cc2)S(C)(=O)=O)cc1. The number of rotatable bonds is 7. The van der Waals surface area contributed by atoms with Crippen LogP contribution in [0.2, 0.25) is 0 Å². The largest absolute Gasteiger partial charge is 0.497 e. The molecule has 0 saturated carbocycles. The number of ether oxygens (including phenoxy) is 1. The number of sulfonamides is 1. The summed E-state index contributed by atoms with van der Waals surface area (Å²) in [5, 5.41) is 2.74. The second kappa shape index (κ2) is 8.02. The van der Waals surface area contributed by atoms with Crippen LogP contribution in [0.1, 0.15) is 11.1 Å². The molecule has 0 aliphatic heterocycles. The predicted molar refractivity (Wildman–Crippen MR) is 98.2 cm³/mol. The first-order valence-corrected chi connectivity index (χ1v) is 9.58. The van der Waals surface area contributed by atoms with Crippen LogP contribution in [-0.4, -0.2) is 34.2 Å². The predicted octanol–water partition coefficient (Wildman–Crippen LogP) is 2.09. The van der Waals surface area contributed by atoms with Crippen molar-refractivity contribution in [3.8, 4) is 5.75 Å². The summed E-state index contributed by atoms with van der Waals surface area (Å²) in [6.45, 7) is 2.05. The minimum Gasteiger partial charge on any atom is -0.497 e. The summed E-state index contributed by atoms with van der Waals surface area (Å²) in [7, 11) is -2.06. The molecule has 0 spiro atoms. The van der Waals surface area contributed by atoms with Gasteiger partial charge in [0.05, 0.1) is 19.1 Å². The Labute approximate surface area is 148 Å². The summed E-state index contributed by atoms with van der Waals surface area (Å²) in [6.07, 6.45) is 1.07. The normalized spacial score (nSPS) is 11.0. The van der Waals surface area contributed by atoms with Gasteiger partial charge in [0.25, 0.3) is 0 Å². The third-order valence-electron chi connectivity index (χ3n) is 3.66. The minimum absolute atomic E-state index is 0.281. The van der Waals surface area contributed by atoms with Crippen LogP contribution in [0.4, 0.5) is 5.69 Å². The molecule has 2 aromatic rings. The Balaban J connectivity index is 2.05. The molecule has 25 heavy (non-hydrogen) atoms. The van der Waals surface area contributed by atoms with Crippen molar-refractivity contribution in [1.29, 1.82) is 0 Å². The molecular formula is C18H22N2O4S. The highest BCUT2D eigenvalue weighted by molar-refractivity contribution is 7.92. The van der Waals surface area contributed by atoms with E-state index < -0.39 is 10.0 Å². The van der Waals surface area contributed by atoms with Gasteiger partial charge in [0.1, 0.15) is 12.3 Å². The van der Waals surface area contributed by atoms with E-state index in [0.717, 1.165) is 21.7 Å². The smallest absolute Gasteiger partial charge is 0.241 e. The number of carbonyl (C=O) groups excluding carboxylic acids is 1. The molecule has 0 heterocycles. The number of aryl methyl sites for hydroxylation is 1. The summed E-state index contributed by atoms with van der Waals surface area (Å²) < 4.78 is 30.2. The van der Waals surface area contributed by atoms with Crippen LogP contribution in [0, 0.1) is 6.92 Å². The van der Waals surface area contributed by atoms with E-state index in [4.69, 9.17) is 4.74 Å². The van der Waals surface area contributed by atoms with Crippen molar-refractivity contribution in [2.24, 2.45) is 0 Å². The van der Waals surface area contributed by atoms with Crippen molar-refractivity contribution >= 4 is 21.6 Å². The molecule has 0 aromatic heterocycles. The number of hydrogen-bond donors (Lipinski definition) is 1. The van der Waals surface area contributed by atoms with E-state index in [1.807, 2.05) is 31.2 Å². The first-order chi connectivity index (χ1) is 11.8. The van der Waals surface area contributed by atoms with Crippen molar-refractivity contribution < 1.29 is 17.9 Å². The van der Waals surface area contributed by atoms with Crippen molar-refractivity contribution in [1.82, 2.24) is 5.32 Å². The number of benzene rings is 2. The molecule has 0 aliphatic carbocycles. The molecule has 0 aliphatic rings. The Bertz CT molecular complexity index is 815. The average molecular weight is 362 g/mol. The summed E-state index contributed by atoms with van der Waals surface area (Å²) in [4.78, 5) is 12.2. The van der Waals surface area contributed by atoms with E-state index in [1.54, 1.807) is 24.3 Å². The number of nitrogens with zero attached hydrogens (tertiary/aromatic N) is 1. The first kappa shape index (κ1) is 18.8. The van der Waals surface area contributed by atoms with E-state index in [-0.39, 0.29) is 12.5 Å². The van der Waals surface area contributed by atoms with Crippen LogP contribution >= 0.6 is 0 Å². The summed E-state index contributed by atoms with van der Waals surface area (Å²) in [5.74, 6) is 0.239. The number of amides is 1. The minimum atomic E-state index is -3.59. The standard InChI is InChI=1S/C18H22N2O4S/c1-14-4-6-15(7-5-14)12-19-18(21)13-20(25(3,22)23)16-8-10-17(24-2)11-9-16/h4-11H,12-13H2,1-3H3,(H,19,21). The summed E-state index contributed by atoms with van der Waals surface area (Å²) in [5.41, 5.74) is 2.50. The van der Waals surface area contributed by atoms with Crippen LogP contribution in [0.15, 0.2) is 48.5 Å². The number of nitrogens with one attached hydrogen (secondary N) is 1. The van der Waals surface area contributed by atoms with Crippen molar-refractivity contribution in [3.63, 3.8) is 0 Å². The van der Waals surface area contributed by atoms with Crippen LogP contribution in [-0.2, 0) is 21.4 Å². The van der Waals surface area contributed by atoms with Gasteiger partial charge in [0.2, 0.25) is 15.9 Å². The van der Waals surface area contributed by atoms with Crippen molar-refractivity contribution in [2.75, 3.05) is 24.2 Å². The summed E-state index contributed by atoms with van der Waals surface area (Å²) >= 11 is 0. The van der Waals surface area contributed by atoms with Gasteiger partial charge in [0.15, 0.2) is 0 Å². The second-order valence-electron chi connectivity index (χ2n) is 5.73. The zero-order valence-electron chi connectivity index (χ0n) is 14.5. The molecule has 134 valence electrons. The lowest BCUT2D eigenvalue weighted by Gasteiger charge is -2.22. The van der Waals surface area contributed by atoms with E-state index in [2.05, 4.69) is 5.32 Å². The topological polar surface area (TPSA) is 75.7 Å². The maximum absolute atomic E-state index is 12.2. The van der Waals surface area contributed by atoms with Gasteiger partial charge in [-0.1, -0.05) is 29.8 Å². The van der Waals surface area contributed by atoms with E-state index in [1.165, 1.54) is 7.11 Å². The fourth-order valence-electron chi connectivity index (χ4n) is 2.24. The fraction of sp³-hybridized carbons (Fsp3) is 0.278. The lowest BCUT2D eigenvalue weighted by Crippen LogP contribution is -2.40. The first-order valence-electron chi connectivity index (χ1n) is 7.73. The van der Waals surface area contributed by atoms with E-state index in [0.29, 0.717) is 18.0 Å². The Morgan fingerprint density at radius 1 is 1.08 bits per heavy atom. The maximum Gasteiger partial charge on any atom is 0.241 e. The lowest BCUT2D eigenvalue weighted by atomic mass is 10.1. The van der Waals surface area contributed by atoms with Crippen LogP contribution in [0.3, 0.4) is 0 Å². The molecule has 0 saturated heterocycles. The Hall–Kier alpha value is -2.54. The lowest BCUT2D eigenvalue weighted by molar-refractivity contribution is -0.119. The third kappa shape index (κ3) is 5.49. The van der Waals surface area contributed by atoms with Crippen LogP contribution < -0.4 is 14.4 Å². The molecule has 6 nitrogen and oxygen atoms in total. The maximum atomic E-state index is 12.2. The number of methoxy groups -OCH3 is 1. The van der Waals surface area contributed by atoms with Gasteiger partial charge in [-0.25, -0.2) is 8.42 Å². The molecule has 0 atom stereocenters. The van der Waals surface area contributed by atoms with Gasteiger partial charge in [-0.2, -0.15) is 0 Å². The third-order valence-corrected chi connectivity index (χ3v) is 4.80. The quantitative estimate of drug-likeness (QED) is 0.818. The molecule has 2 aromatic carbocycles. The van der Waals surface area contributed by atoms with Gasteiger partial charge in [-0.15, -0.1) is 0 Å². The molecule has 1 amide bonds. The Morgan fingerprint density at radius 2 is 1.68 bits per heavy atom. The zero-order valence-corrected chi connectivity index (χ0v) is 15.3. The van der Waals surface area contributed by atoms with Gasteiger partial charge in [-0.05, 0) is 36.8 Å². The molecule has 7 heteroatoms. The fourth-order valence-corrected chi connectivity index (χ4v) is 3.10. The zero-order chi connectivity index (χ0) is 18.4. The molecule has 0 unspecified atom stereocenters.